The molecule has 0 radical (unpaired) electrons. The van der Waals surface area contributed by atoms with Crippen LogP contribution in [0.2, 0.25) is 5.02 Å². The van der Waals surface area contributed by atoms with Gasteiger partial charge >= 0.3 is 0 Å². The van der Waals surface area contributed by atoms with Crippen molar-refractivity contribution in [3.8, 4) is 11.4 Å². The van der Waals surface area contributed by atoms with E-state index in [2.05, 4.69) is 520 Å². The lowest BCUT2D eigenvalue weighted by molar-refractivity contribution is 0.590. The third-order valence-corrected chi connectivity index (χ3v) is 26.0. The van der Waals surface area contributed by atoms with Crippen LogP contribution in [0.4, 0.5) is 68.2 Å². The minimum Gasteiger partial charge on any atom is -0.311 e. The van der Waals surface area contributed by atoms with Gasteiger partial charge in [0.1, 0.15) is 0 Å². The summed E-state index contributed by atoms with van der Waals surface area (Å²) in [6.45, 7) is 47.7. The lowest BCUT2D eigenvalue weighted by atomic mass is 9.33. The molecule has 15 aromatic carbocycles. The van der Waals surface area contributed by atoms with Gasteiger partial charge in [-0.3, -0.25) is 0 Å². The van der Waals surface area contributed by atoms with Crippen LogP contribution in [0.5, 0.6) is 0 Å². The summed E-state index contributed by atoms with van der Waals surface area (Å²) in [5.74, 6) is 0. The van der Waals surface area contributed by atoms with Crippen molar-refractivity contribution in [3.63, 3.8) is 0 Å². The van der Waals surface area contributed by atoms with Crippen LogP contribution in [-0.2, 0) is 37.9 Å². The minimum absolute atomic E-state index is 0.00721. The zero-order chi connectivity index (χ0) is 88.9. The highest BCUT2D eigenvalue weighted by Crippen LogP contribution is 2.51. The average molecular weight is 1670 g/mol. The molecule has 4 heterocycles. The number of aromatic nitrogens is 2. The molecule has 126 heavy (non-hydrogen) atoms. The highest BCUT2D eigenvalue weighted by Gasteiger charge is 2.44. The van der Waals surface area contributed by atoms with E-state index < -0.39 is 0 Å². The first-order valence-electron chi connectivity index (χ1n) is 44.9. The summed E-state index contributed by atoms with van der Waals surface area (Å²) >= 11 is 7.82. The maximum Gasteiger partial charge on any atom is 0.252 e. The first-order valence-corrected chi connectivity index (χ1v) is 45.3. The number of halogens is 1. The van der Waals surface area contributed by atoms with Crippen molar-refractivity contribution >= 4 is 147 Å². The second kappa shape index (κ2) is 32.8. The fourth-order valence-electron chi connectivity index (χ4n) is 18.5. The number of para-hydroxylation sites is 4. The Labute approximate surface area is 754 Å². The van der Waals surface area contributed by atoms with Crippen molar-refractivity contribution in [2.24, 2.45) is 0 Å². The summed E-state index contributed by atoms with van der Waals surface area (Å²) in [5, 5.41) is 5.67. The van der Waals surface area contributed by atoms with Crippen LogP contribution in [0.25, 0.3) is 55.0 Å². The Hall–Kier alpha value is -12.5. The second-order valence-electron chi connectivity index (χ2n) is 41.7. The van der Waals surface area contributed by atoms with Crippen molar-refractivity contribution in [1.82, 2.24) is 9.13 Å². The SMILES string of the molecule is CC(C)(C)c1ccc(N(c2ccc(C(C)(C)C)cc2)c2cccc(N(c3ccc(C(C)(C)C)cc3)c3cccc(-n4c5ccccc5c5ccccc54)c3)c2Cl)cc1.CC(C)(C)c1ccc(N2c3ccc(C(C)(C)C)cc3B3c4ccc(-n5c6ccccc6c6ccccc65)cc4N(c4ccc(C(C)(C)C)cc4)c4cccc2c43)cc1.CC(C)(C)c1ccccc1. The summed E-state index contributed by atoms with van der Waals surface area (Å²) < 4.78 is 4.82. The normalized spacial score (nSPS) is 13.0. The van der Waals surface area contributed by atoms with E-state index in [-0.39, 0.29) is 39.2 Å². The molecule has 2 aromatic heterocycles. The highest BCUT2D eigenvalue weighted by atomic mass is 35.5. The molecule has 0 aliphatic carbocycles. The van der Waals surface area contributed by atoms with E-state index in [1.54, 1.807) is 0 Å². The predicted molar refractivity (Wildman–Crippen MR) is 547 cm³/mol. The third kappa shape index (κ3) is 16.5. The van der Waals surface area contributed by atoms with Crippen molar-refractivity contribution in [2.45, 2.75) is 183 Å². The zero-order valence-electron chi connectivity index (χ0n) is 77.5. The van der Waals surface area contributed by atoms with Gasteiger partial charge in [0.2, 0.25) is 0 Å². The van der Waals surface area contributed by atoms with Crippen molar-refractivity contribution < 1.29 is 0 Å². The maximum atomic E-state index is 7.82. The van der Waals surface area contributed by atoms with Crippen LogP contribution in [0.3, 0.4) is 0 Å². The molecular weight excluding hydrogens is 1550 g/mol. The van der Waals surface area contributed by atoms with Gasteiger partial charge in [-0.15, -0.1) is 0 Å². The molecule has 0 amide bonds. The topological polar surface area (TPSA) is 22.8 Å². The van der Waals surface area contributed by atoms with Crippen LogP contribution >= 0.6 is 11.6 Å². The summed E-state index contributed by atoms with van der Waals surface area (Å²) in [7, 11) is 0. The van der Waals surface area contributed by atoms with Gasteiger partial charge in [0, 0.05) is 89.8 Å². The Kier molecular flexibility index (Phi) is 22.3. The first kappa shape index (κ1) is 85.6. The van der Waals surface area contributed by atoms with E-state index in [0.29, 0.717) is 10.4 Å². The van der Waals surface area contributed by atoms with Gasteiger partial charge in [0.15, 0.2) is 0 Å². The van der Waals surface area contributed by atoms with Crippen LogP contribution in [0, 0.1) is 0 Å². The first-order chi connectivity index (χ1) is 59.9. The quantitative estimate of drug-likeness (QED) is 0.127. The van der Waals surface area contributed by atoms with Gasteiger partial charge in [0.05, 0.1) is 38.5 Å². The van der Waals surface area contributed by atoms with Gasteiger partial charge in [-0.2, -0.15) is 0 Å². The van der Waals surface area contributed by atoms with E-state index in [9.17, 15) is 0 Å². The summed E-state index contributed by atoms with van der Waals surface area (Å²) in [5.41, 5.74) is 34.0. The fraction of sp³-hybridized carbons (Fsp3) is 0.237. The van der Waals surface area contributed by atoms with E-state index in [4.69, 9.17) is 11.6 Å². The van der Waals surface area contributed by atoms with Crippen LogP contribution < -0.4 is 36.0 Å². The maximum absolute atomic E-state index is 7.82. The molecule has 0 atom stereocenters. The monoisotopic (exact) mass is 1670 g/mol. The molecule has 0 N–H and O–H groups in total. The lowest BCUT2D eigenvalue weighted by Gasteiger charge is -2.44. The van der Waals surface area contributed by atoms with Crippen molar-refractivity contribution in [1.29, 1.82) is 0 Å². The summed E-state index contributed by atoms with van der Waals surface area (Å²) in [6, 6.07) is 128. The predicted octanol–water partition coefficient (Wildman–Crippen LogP) is 32.0. The van der Waals surface area contributed by atoms with Crippen LogP contribution in [-0.4, -0.2) is 15.8 Å². The van der Waals surface area contributed by atoms with Crippen molar-refractivity contribution in [2.75, 3.05) is 19.6 Å². The van der Waals surface area contributed by atoms with E-state index in [1.807, 2.05) is 0 Å². The molecule has 0 bridgehead atoms. The molecule has 0 spiro atoms. The van der Waals surface area contributed by atoms with E-state index in [1.165, 1.54) is 127 Å². The van der Waals surface area contributed by atoms with Crippen molar-refractivity contribution in [3.05, 3.63) is 390 Å². The Morgan fingerprint density at radius 3 is 0.913 bits per heavy atom. The van der Waals surface area contributed by atoms with Gasteiger partial charge in [-0.05, 0) is 239 Å². The molecule has 0 fully saturated rings. The number of hydrogen-bond acceptors (Lipinski definition) is 4. The highest BCUT2D eigenvalue weighted by molar-refractivity contribution is 7.00. The number of anilines is 12. The molecule has 2 aliphatic rings. The van der Waals surface area contributed by atoms with Gasteiger partial charge < -0.3 is 28.7 Å². The van der Waals surface area contributed by atoms with E-state index >= 15 is 0 Å². The fourth-order valence-corrected chi connectivity index (χ4v) is 18.8. The summed E-state index contributed by atoms with van der Waals surface area (Å²) in [4.78, 5) is 9.65. The van der Waals surface area contributed by atoms with Crippen LogP contribution in [0.1, 0.15) is 184 Å². The minimum atomic E-state index is -0.00721. The molecule has 6 nitrogen and oxygen atoms in total. The van der Waals surface area contributed by atoms with Gasteiger partial charge in [0.25, 0.3) is 6.71 Å². The second-order valence-corrected chi connectivity index (χ2v) is 42.1. The molecule has 17 aromatic rings. The van der Waals surface area contributed by atoms with Gasteiger partial charge in [-0.25, -0.2) is 0 Å². The third-order valence-electron chi connectivity index (χ3n) is 25.6. The summed E-state index contributed by atoms with van der Waals surface area (Å²) in [6.07, 6.45) is 0. The Bertz CT molecular complexity index is 6700. The number of hydrogen-bond donors (Lipinski definition) is 0. The molecular formula is C118H120BClN6. The molecule has 0 saturated carbocycles. The van der Waals surface area contributed by atoms with E-state index in [0.717, 1.165) is 51.2 Å². The smallest absolute Gasteiger partial charge is 0.252 e. The lowest BCUT2D eigenvalue weighted by Crippen LogP contribution is -2.61. The molecule has 0 saturated heterocycles. The molecule has 2 aliphatic heterocycles. The molecule has 8 heteroatoms. The standard InChI is InChI=1S/C54H52BN3.C54H54ClN3.C10H14/c1-52(2,3)35-21-26-38(27-22-35)56-47-32-25-37(54(7,8)9)33-44(47)55-43-31-30-40(58-45-17-12-10-15-41(45)42-16-11-13-18-46(42)58)34-50(43)57(49-20-14-19-48(56)51(49)55)39-28-23-36(24-29-39)53(4,5)6;1-52(2,3)37-24-30-40(31-25-37)56(41-32-26-38(27-33-41)53(4,5)6)49-22-15-23-50(51(49)55)57(42-34-28-39(29-35-42)54(7,8)9)43-16-14-17-44(36-43)58-47-20-12-10-18-45(47)46-19-11-13-21-48(46)58;1-10(2,3)9-7-5-4-6-8-9/h10-34H,1-9H3;10-36H,1-9H3;4-8H,1-3H3. The molecule has 632 valence electrons. The van der Waals surface area contributed by atoms with Crippen LogP contribution in [0.15, 0.2) is 346 Å². The average Bonchev–Trinajstić information content (AvgIpc) is 0.813. The Morgan fingerprint density at radius 2 is 0.532 bits per heavy atom. The molecule has 0 unspecified atom stereocenters. The van der Waals surface area contributed by atoms with Gasteiger partial charge in [-0.1, -0.05) is 357 Å². The number of nitrogens with zero attached hydrogens (tertiary/aromatic N) is 6. The zero-order valence-corrected chi connectivity index (χ0v) is 78.3. The number of rotatable bonds is 10. The number of benzene rings is 15. The number of fused-ring (bicyclic) bond motifs is 10. The largest absolute Gasteiger partial charge is 0.311 e. The Morgan fingerprint density at radius 1 is 0.222 bits per heavy atom. The Balaban J connectivity index is 0.000000160. The molecule has 19 rings (SSSR count).